The van der Waals surface area contributed by atoms with Gasteiger partial charge in [0.05, 0.1) is 0 Å². The molecule has 0 aliphatic carbocycles. The van der Waals surface area contributed by atoms with Gasteiger partial charge in [-0.1, -0.05) is 18.2 Å². The van der Waals surface area contributed by atoms with Crippen LogP contribution in [-0.2, 0) is 6.54 Å². The normalized spacial score (nSPS) is 16.8. The van der Waals surface area contributed by atoms with Crippen LogP contribution in [0.2, 0.25) is 0 Å². The average molecular weight is 386 g/mol. The summed E-state index contributed by atoms with van der Waals surface area (Å²) in [5, 5.41) is 15.6. The second kappa shape index (κ2) is 7.88. The van der Waals surface area contributed by atoms with Crippen molar-refractivity contribution in [2.75, 3.05) is 31.1 Å². The Balaban J connectivity index is 1.45. The lowest BCUT2D eigenvalue weighted by molar-refractivity contribution is 0.218. The molecule has 6 heteroatoms. The van der Waals surface area contributed by atoms with Gasteiger partial charge in [-0.05, 0) is 30.0 Å². The summed E-state index contributed by atoms with van der Waals surface area (Å²) in [5.74, 6) is 0. The predicted octanol–water partition coefficient (Wildman–Crippen LogP) is 3.92. The van der Waals surface area contributed by atoms with E-state index in [0.717, 1.165) is 49.0 Å². The Morgan fingerprint density at radius 3 is 2.58 bits per heavy atom. The largest absolute Gasteiger partial charge is 0.381 e. The third kappa shape index (κ3) is 3.69. The molecule has 0 bridgehead atoms. The molecule has 3 aromatic rings. The molecule has 0 radical (unpaired) electrons. The fraction of sp³-hybridized carbons (Fsp3) is 0.350. The molecule has 1 atom stereocenters. The Morgan fingerprint density at radius 1 is 1.08 bits per heavy atom. The molecule has 1 aromatic carbocycles. The maximum atomic E-state index is 10.8. The van der Waals surface area contributed by atoms with Gasteiger partial charge in [-0.3, -0.25) is 4.90 Å². The van der Waals surface area contributed by atoms with E-state index in [1.165, 1.54) is 21.8 Å². The zero-order valence-corrected chi connectivity index (χ0v) is 16.5. The molecule has 26 heavy (non-hydrogen) atoms. The summed E-state index contributed by atoms with van der Waals surface area (Å²) in [6, 6.07) is 10.4. The van der Waals surface area contributed by atoms with Crippen molar-refractivity contribution in [3.05, 3.63) is 68.3 Å². The van der Waals surface area contributed by atoms with Crippen LogP contribution in [0.1, 0.15) is 27.1 Å². The van der Waals surface area contributed by atoms with E-state index in [2.05, 4.69) is 45.3 Å². The first kappa shape index (κ1) is 17.7. The number of hydrogen-bond donors (Lipinski definition) is 1. The van der Waals surface area contributed by atoms with E-state index in [0.29, 0.717) is 0 Å². The summed E-state index contributed by atoms with van der Waals surface area (Å²) < 4.78 is 0. The lowest BCUT2D eigenvalue weighted by Gasteiger charge is -2.37. The Hall–Kier alpha value is -1.73. The summed E-state index contributed by atoms with van der Waals surface area (Å²) >= 11 is 3.35. The molecule has 0 amide bonds. The van der Waals surface area contributed by atoms with Gasteiger partial charge in [-0.15, -0.1) is 22.7 Å². The number of anilines is 1. The molecule has 1 N–H and O–H groups in total. The van der Waals surface area contributed by atoms with Gasteiger partial charge in [-0.2, -0.15) is 0 Å². The quantitative estimate of drug-likeness (QED) is 0.723. The van der Waals surface area contributed by atoms with Crippen LogP contribution in [-0.4, -0.2) is 41.2 Å². The lowest BCUT2D eigenvalue weighted by Crippen LogP contribution is -2.46. The molecule has 0 saturated carbocycles. The molecule has 1 unspecified atom stereocenters. The molecule has 0 spiro atoms. The summed E-state index contributed by atoms with van der Waals surface area (Å²) in [5.41, 5.74) is 3.47. The number of rotatable bonds is 5. The number of benzene rings is 1. The molecule has 136 valence electrons. The van der Waals surface area contributed by atoms with Gasteiger partial charge in [0, 0.05) is 60.4 Å². The maximum Gasteiger partial charge on any atom is 0.132 e. The first-order valence-corrected chi connectivity index (χ1v) is 10.6. The van der Waals surface area contributed by atoms with E-state index in [4.69, 9.17) is 0 Å². The third-order valence-corrected chi connectivity index (χ3v) is 6.80. The first-order chi connectivity index (χ1) is 12.7. The van der Waals surface area contributed by atoms with Crippen LogP contribution in [0.5, 0.6) is 0 Å². The van der Waals surface area contributed by atoms with Crippen molar-refractivity contribution in [1.82, 2.24) is 9.88 Å². The zero-order valence-electron chi connectivity index (χ0n) is 14.8. The Morgan fingerprint density at radius 2 is 1.88 bits per heavy atom. The van der Waals surface area contributed by atoms with Gasteiger partial charge in [0.2, 0.25) is 0 Å². The van der Waals surface area contributed by atoms with Crippen LogP contribution in [0, 0.1) is 6.92 Å². The van der Waals surface area contributed by atoms with Gasteiger partial charge < -0.3 is 10.0 Å². The number of thiazole rings is 1. The minimum absolute atomic E-state index is 0.655. The Kier molecular flexibility index (Phi) is 5.36. The number of piperazine rings is 1. The number of thiophene rings is 1. The number of nitrogens with zero attached hydrogens (tertiary/aromatic N) is 3. The molecular formula is C20H23N3OS2. The SMILES string of the molecule is Cc1ccsc1CN1CCN(c2ccccc2C(O)c2nccs2)CC1. The average Bonchev–Trinajstić information content (AvgIpc) is 3.34. The molecule has 2 aromatic heterocycles. The van der Waals surface area contributed by atoms with Crippen molar-refractivity contribution < 1.29 is 5.11 Å². The topological polar surface area (TPSA) is 39.6 Å². The molecule has 1 saturated heterocycles. The van der Waals surface area contributed by atoms with Crippen molar-refractivity contribution >= 4 is 28.4 Å². The standard InChI is InChI=1S/C20H23N3OS2/c1-15-6-12-25-18(15)14-22-8-10-23(11-9-22)17-5-3-2-4-16(17)19(24)20-21-7-13-26-20/h2-7,12-13,19,24H,8-11,14H2,1H3. The van der Waals surface area contributed by atoms with Crippen LogP contribution < -0.4 is 4.90 Å². The van der Waals surface area contributed by atoms with Gasteiger partial charge in [0.25, 0.3) is 0 Å². The maximum absolute atomic E-state index is 10.8. The number of para-hydroxylation sites is 1. The summed E-state index contributed by atoms with van der Waals surface area (Å²) in [6.45, 7) is 7.27. The Bertz CT molecular complexity index is 838. The molecule has 1 aliphatic rings. The van der Waals surface area contributed by atoms with E-state index < -0.39 is 6.10 Å². The molecule has 1 fully saturated rings. The van der Waals surface area contributed by atoms with Crippen molar-refractivity contribution in [3.8, 4) is 0 Å². The molecule has 1 aliphatic heterocycles. The molecular weight excluding hydrogens is 362 g/mol. The number of hydrogen-bond acceptors (Lipinski definition) is 6. The van der Waals surface area contributed by atoms with Crippen LogP contribution >= 0.6 is 22.7 Å². The van der Waals surface area contributed by atoms with Gasteiger partial charge in [-0.25, -0.2) is 4.98 Å². The summed E-state index contributed by atoms with van der Waals surface area (Å²) in [6.07, 6.45) is 1.09. The van der Waals surface area contributed by atoms with Crippen molar-refractivity contribution in [3.63, 3.8) is 0 Å². The van der Waals surface area contributed by atoms with Crippen molar-refractivity contribution in [1.29, 1.82) is 0 Å². The number of aryl methyl sites for hydroxylation is 1. The van der Waals surface area contributed by atoms with E-state index >= 15 is 0 Å². The smallest absolute Gasteiger partial charge is 0.132 e. The lowest BCUT2D eigenvalue weighted by atomic mass is 10.1. The monoisotopic (exact) mass is 385 g/mol. The zero-order chi connectivity index (χ0) is 17.9. The molecule has 3 heterocycles. The number of aliphatic hydroxyl groups excluding tert-OH is 1. The fourth-order valence-electron chi connectivity index (χ4n) is 3.43. The highest BCUT2D eigenvalue weighted by Crippen LogP contribution is 2.32. The minimum Gasteiger partial charge on any atom is -0.381 e. The fourth-order valence-corrected chi connectivity index (χ4v) is 5.01. The van der Waals surface area contributed by atoms with Gasteiger partial charge in [0.1, 0.15) is 11.1 Å². The minimum atomic E-state index is -0.655. The van der Waals surface area contributed by atoms with E-state index in [1.54, 1.807) is 6.20 Å². The first-order valence-electron chi connectivity index (χ1n) is 8.89. The second-order valence-electron chi connectivity index (χ2n) is 6.62. The van der Waals surface area contributed by atoms with Gasteiger partial charge >= 0.3 is 0 Å². The number of aromatic nitrogens is 1. The molecule has 4 rings (SSSR count). The Labute approximate surface area is 162 Å². The second-order valence-corrected chi connectivity index (χ2v) is 8.55. The van der Waals surface area contributed by atoms with E-state index in [9.17, 15) is 5.11 Å². The predicted molar refractivity (Wildman–Crippen MR) is 109 cm³/mol. The third-order valence-electron chi connectivity index (χ3n) is 4.97. The van der Waals surface area contributed by atoms with Crippen molar-refractivity contribution in [2.24, 2.45) is 0 Å². The highest BCUT2D eigenvalue weighted by Gasteiger charge is 2.23. The summed E-state index contributed by atoms with van der Waals surface area (Å²) in [4.78, 5) is 10.7. The highest BCUT2D eigenvalue weighted by molar-refractivity contribution is 7.10. The van der Waals surface area contributed by atoms with Gasteiger partial charge in [0.15, 0.2) is 0 Å². The summed E-state index contributed by atoms with van der Waals surface area (Å²) in [7, 11) is 0. The van der Waals surface area contributed by atoms with Crippen LogP contribution in [0.4, 0.5) is 5.69 Å². The van der Waals surface area contributed by atoms with E-state index in [1.807, 2.05) is 28.8 Å². The van der Waals surface area contributed by atoms with Crippen LogP contribution in [0.3, 0.4) is 0 Å². The van der Waals surface area contributed by atoms with Crippen LogP contribution in [0.15, 0.2) is 47.3 Å². The highest BCUT2D eigenvalue weighted by atomic mass is 32.1. The number of aliphatic hydroxyl groups is 1. The van der Waals surface area contributed by atoms with E-state index in [-0.39, 0.29) is 0 Å². The molecule has 4 nitrogen and oxygen atoms in total. The van der Waals surface area contributed by atoms with Crippen molar-refractivity contribution in [2.45, 2.75) is 19.6 Å². The van der Waals surface area contributed by atoms with Crippen LogP contribution in [0.25, 0.3) is 0 Å².